The molecule has 0 aromatic carbocycles. The van der Waals surface area contributed by atoms with E-state index in [1.165, 1.54) is 0 Å². The Kier molecular flexibility index (Phi) is 3.97. The third-order valence-corrected chi connectivity index (χ3v) is 2.93. The second-order valence-corrected chi connectivity index (χ2v) is 4.42. The summed E-state index contributed by atoms with van der Waals surface area (Å²) < 4.78 is 5.28. The molecule has 2 heterocycles. The summed E-state index contributed by atoms with van der Waals surface area (Å²) in [6, 6.07) is 5.73. The summed E-state index contributed by atoms with van der Waals surface area (Å²) in [5.74, 6) is -0.416. The Balaban J connectivity index is 1.99. The number of furan rings is 1. The first-order valence-corrected chi connectivity index (χ1v) is 6.04. The van der Waals surface area contributed by atoms with Crippen LogP contribution in [0.1, 0.15) is 40.4 Å². The fraction of sp³-hybridized carbons (Fsp3) is 0.286. The molecule has 5 nitrogen and oxygen atoms in total. The van der Waals surface area contributed by atoms with Gasteiger partial charge in [0.1, 0.15) is 5.76 Å². The molecule has 5 heteroatoms. The Bertz CT molecular complexity index is 563. The summed E-state index contributed by atoms with van der Waals surface area (Å²) in [4.78, 5) is 14.9. The third-order valence-electron chi connectivity index (χ3n) is 2.93. The molecular formula is C14H16N2O3. The molecule has 0 aliphatic heterocycles. The topological polar surface area (TPSA) is 75.4 Å². The Morgan fingerprint density at radius 3 is 2.95 bits per heavy atom. The molecule has 0 fully saturated rings. The van der Waals surface area contributed by atoms with E-state index in [1.54, 1.807) is 25.4 Å². The molecule has 0 aliphatic rings. The van der Waals surface area contributed by atoms with Crippen molar-refractivity contribution in [1.82, 2.24) is 10.3 Å². The first-order chi connectivity index (χ1) is 9.08. The molecule has 2 aromatic heterocycles. The zero-order valence-electron chi connectivity index (χ0n) is 10.9. The van der Waals surface area contributed by atoms with Gasteiger partial charge in [-0.15, -0.1) is 0 Å². The number of aromatic nitrogens is 1. The lowest BCUT2D eigenvalue weighted by Gasteiger charge is -2.12. The van der Waals surface area contributed by atoms with Crippen LogP contribution in [0.5, 0.6) is 0 Å². The number of nitrogens with one attached hydrogen (secondary N) is 1. The van der Waals surface area contributed by atoms with E-state index in [0.717, 1.165) is 5.56 Å². The lowest BCUT2D eigenvalue weighted by Crippen LogP contribution is -2.17. The molecule has 19 heavy (non-hydrogen) atoms. The van der Waals surface area contributed by atoms with Gasteiger partial charge in [0, 0.05) is 24.0 Å². The minimum Gasteiger partial charge on any atom is -0.475 e. The van der Waals surface area contributed by atoms with Gasteiger partial charge in [-0.1, -0.05) is 6.07 Å². The molecule has 1 atom stereocenters. The van der Waals surface area contributed by atoms with E-state index >= 15 is 0 Å². The average Bonchev–Trinajstić information content (AvgIpc) is 2.78. The van der Waals surface area contributed by atoms with Crippen molar-refractivity contribution < 1.29 is 14.3 Å². The van der Waals surface area contributed by atoms with Crippen LogP contribution in [-0.4, -0.2) is 16.1 Å². The van der Waals surface area contributed by atoms with Gasteiger partial charge in [-0.2, -0.15) is 0 Å². The summed E-state index contributed by atoms with van der Waals surface area (Å²) in [5, 5.41) is 12.2. The number of carboxylic acid groups (broad SMARTS) is 1. The number of rotatable bonds is 5. The molecular weight excluding hydrogens is 244 g/mol. The van der Waals surface area contributed by atoms with E-state index in [9.17, 15) is 4.79 Å². The molecule has 0 bridgehead atoms. The van der Waals surface area contributed by atoms with Gasteiger partial charge in [-0.05, 0) is 31.5 Å². The molecule has 0 radical (unpaired) electrons. The zero-order valence-corrected chi connectivity index (χ0v) is 10.9. The van der Waals surface area contributed by atoms with Gasteiger partial charge in [-0.25, -0.2) is 4.79 Å². The van der Waals surface area contributed by atoms with Crippen molar-refractivity contribution in [3.05, 3.63) is 53.2 Å². The number of carboxylic acids is 1. The maximum atomic E-state index is 10.9. The SMILES string of the molecule is Cc1cc(CN[C@@H](C)c2cccnc2)oc1C(=O)O. The largest absolute Gasteiger partial charge is 0.475 e. The zero-order chi connectivity index (χ0) is 13.8. The van der Waals surface area contributed by atoms with Gasteiger partial charge in [0.2, 0.25) is 5.76 Å². The van der Waals surface area contributed by atoms with Crippen LogP contribution < -0.4 is 5.32 Å². The molecule has 0 saturated carbocycles. The second-order valence-electron chi connectivity index (χ2n) is 4.42. The molecule has 0 aliphatic carbocycles. The maximum absolute atomic E-state index is 10.9. The molecule has 0 saturated heterocycles. The van der Waals surface area contributed by atoms with E-state index in [0.29, 0.717) is 17.9 Å². The highest BCUT2D eigenvalue weighted by molar-refractivity contribution is 5.86. The van der Waals surface area contributed by atoms with Gasteiger partial charge in [-0.3, -0.25) is 4.98 Å². The van der Waals surface area contributed by atoms with Gasteiger partial charge < -0.3 is 14.8 Å². The highest BCUT2D eigenvalue weighted by Gasteiger charge is 2.14. The van der Waals surface area contributed by atoms with Crippen LogP contribution in [0.4, 0.5) is 0 Å². The fourth-order valence-electron chi connectivity index (χ4n) is 1.85. The molecule has 0 unspecified atom stereocenters. The average molecular weight is 260 g/mol. The van der Waals surface area contributed by atoms with E-state index in [2.05, 4.69) is 10.3 Å². The summed E-state index contributed by atoms with van der Waals surface area (Å²) in [6.07, 6.45) is 3.53. The van der Waals surface area contributed by atoms with Crippen LogP contribution in [0, 0.1) is 6.92 Å². The first-order valence-electron chi connectivity index (χ1n) is 6.04. The highest BCUT2D eigenvalue weighted by Crippen LogP contribution is 2.16. The summed E-state index contributed by atoms with van der Waals surface area (Å²) >= 11 is 0. The standard InChI is InChI=1S/C14H16N2O3/c1-9-6-12(19-13(9)14(17)18)8-16-10(2)11-4-3-5-15-7-11/h3-7,10,16H,8H2,1-2H3,(H,17,18)/t10-/m0/s1. The molecule has 2 rings (SSSR count). The quantitative estimate of drug-likeness (QED) is 0.864. The minimum atomic E-state index is -1.04. The Hall–Kier alpha value is -2.14. The number of nitrogens with zero attached hydrogens (tertiary/aromatic N) is 1. The van der Waals surface area contributed by atoms with Gasteiger partial charge in [0.25, 0.3) is 0 Å². The van der Waals surface area contributed by atoms with Gasteiger partial charge >= 0.3 is 5.97 Å². The number of hydrogen-bond donors (Lipinski definition) is 2. The Morgan fingerprint density at radius 2 is 2.37 bits per heavy atom. The number of aryl methyl sites for hydroxylation is 1. The van der Waals surface area contributed by atoms with Crippen LogP contribution in [0.25, 0.3) is 0 Å². The van der Waals surface area contributed by atoms with Crippen molar-refractivity contribution in [2.45, 2.75) is 26.4 Å². The van der Waals surface area contributed by atoms with Crippen LogP contribution in [-0.2, 0) is 6.54 Å². The van der Waals surface area contributed by atoms with Crippen molar-refractivity contribution in [3.8, 4) is 0 Å². The van der Waals surface area contributed by atoms with E-state index in [1.807, 2.05) is 19.1 Å². The van der Waals surface area contributed by atoms with Crippen molar-refractivity contribution in [3.63, 3.8) is 0 Å². The molecule has 0 spiro atoms. The normalized spacial score (nSPS) is 12.3. The lowest BCUT2D eigenvalue weighted by molar-refractivity contribution is 0.0659. The van der Waals surface area contributed by atoms with Crippen LogP contribution in [0.3, 0.4) is 0 Å². The maximum Gasteiger partial charge on any atom is 0.372 e. The molecule has 2 N–H and O–H groups in total. The monoisotopic (exact) mass is 260 g/mol. The van der Waals surface area contributed by atoms with Crippen LogP contribution in [0.15, 0.2) is 35.0 Å². The van der Waals surface area contributed by atoms with Crippen LogP contribution >= 0.6 is 0 Å². The summed E-state index contributed by atoms with van der Waals surface area (Å²) in [6.45, 7) is 4.22. The number of pyridine rings is 1. The molecule has 0 amide bonds. The highest BCUT2D eigenvalue weighted by atomic mass is 16.4. The van der Waals surface area contributed by atoms with Crippen molar-refractivity contribution in [2.24, 2.45) is 0 Å². The number of hydrogen-bond acceptors (Lipinski definition) is 4. The smallest absolute Gasteiger partial charge is 0.372 e. The molecule has 2 aromatic rings. The summed E-state index contributed by atoms with van der Waals surface area (Å²) in [7, 11) is 0. The van der Waals surface area contributed by atoms with E-state index in [-0.39, 0.29) is 11.8 Å². The summed E-state index contributed by atoms with van der Waals surface area (Å²) in [5.41, 5.74) is 1.71. The minimum absolute atomic E-state index is 0.00540. The predicted octanol–water partition coefficient (Wildman–Crippen LogP) is 2.53. The number of carbonyl (C=O) groups is 1. The number of aromatic carboxylic acids is 1. The van der Waals surface area contributed by atoms with E-state index < -0.39 is 5.97 Å². The van der Waals surface area contributed by atoms with Crippen molar-refractivity contribution in [2.75, 3.05) is 0 Å². The van der Waals surface area contributed by atoms with Crippen molar-refractivity contribution in [1.29, 1.82) is 0 Å². The Labute approximate surface area is 111 Å². The van der Waals surface area contributed by atoms with Gasteiger partial charge in [0.05, 0.1) is 6.54 Å². The second kappa shape index (κ2) is 5.67. The van der Waals surface area contributed by atoms with E-state index in [4.69, 9.17) is 9.52 Å². The van der Waals surface area contributed by atoms with Gasteiger partial charge in [0.15, 0.2) is 0 Å². The molecule has 100 valence electrons. The lowest BCUT2D eigenvalue weighted by atomic mass is 10.1. The predicted molar refractivity (Wildman–Crippen MR) is 69.9 cm³/mol. The third kappa shape index (κ3) is 3.20. The van der Waals surface area contributed by atoms with Crippen LogP contribution in [0.2, 0.25) is 0 Å². The van der Waals surface area contributed by atoms with Crippen molar-refractivity contribution >= 4 is 5.97 Å². The fourth-order valence-corrected chi connectivity index (χ4v) is 1.85. The Morgan fingerprint density at radius 1 is 1.58 bits per heavy atom. The first kappa shape index (κ1) is 13.3.